The van der Waals surface area contributed by atoms with Crippen LogP contribution in [0.2, 0.25) is 0 Å². The Morgan fingerprint density at radius 2 is 1.48 bits per heavy atom. The summed E-state index contributed by atoms with van der Waals surface area (Å²) in [6.07, 6.45) is 0. The normalized spacial score (nSPS) is 17.5. The molecule has 1 saturated heterocycles. The smallest absolute Gasteiger partial charge is 0.300 e. The second kappa shape index (κ2) is 8.58. The van der Waals surface area contributed by atoms with Crippen LogP contribution in [0.4, 0.5) is 5.69 Å². The maximum Gasteiger partial charge on any atom is 0.300 e. The second-order valence-corrected chi connectivity index (χ2v) is 8.61. The van der Waals surface area contributed by atoms with Gasteiger partial charge in [0, 0.05) is 11.3 Å². The summed E-state index contributed by atoms with van der Waals surface area (Å²) in [4.78, 5) is 28.2. The number of hydrogen-bond donors (Lipinski definition) is 1. The molecule has 0 aromatic heterocycles. The van der Waals surface area contributed by atoms with E-state index in [1.807, 2.05) is 76.2 Å². The molecule has 1 aliphatic heterocycles. The van der Waals surface area contributed by atoms with Gasteiger partial charge in [-0.25, -0.2) is 0 Å². The van der Waals surface area contributed by atoms with E-state index >= 15 is 0 Å². The summed E-state index contributed by atoms with van der Waals surface area (Å²) in [6, 6.07) is 17.9. The molecule has 0 saturated carbocycles. The summed E-state index contributed by atoms with van der Waals surface area (Å²) in [7, 11) is 1.58. The molecule has 168 valence electrons. The van der Waals surface area contributed by atoms with Gasteiger partial charge in [-0.3, -0.25) is 14.5 Å². The van der Waals surface area contributed by atoms with Gasteiger partial charge in [-0.1, -0.05) is 35.9 Å². The first-order chi connectivity index (χ1) is 15.7. The van der Waals surface area contributed by atoms with E-state index in [1.54, 1.807) is 19.2 Å². The molecule has 3 aromatic rings. The number of anilines is 1. The molecule has 1 fully saturated rings. The van der Waals surface area contributed by atoms with Crippen LogP contribution in [0.25, 0.3) is 5.76 Å². The first-order valence-corrected chi connectivity index (χ1v) is 10.8. The molecular weight excluding hydrogens is 414 g/mol. The predicted molar refractivity (Wildman–Crippen MR) is 130 cm³/mol. The summed E-state index contributed by atoms with van der Waals surface area (Å²) in [5.74, 6) is -0.861. The molecule has 0 spiro atoms. The van der Waals surface area contributed by atoms with E-state index < -0.39 is 17.7 Å². The molecule has 1 amide bonds. The van der Waals surface area contributed by atoms with Crippen molar-refractivity contribution in [3.63, 3.8) is 0 Å². The molecule has 1 heterocycles. The minimum absolute atomic E-state index is 0.0815. The zero-order valence-electron chi connectivity index (χ0n) is 19.5. The summed E-state index contributed by atoms with van der Waals surface area (Å²) < 4.78 is 5.28. The zero-order valence-corrected chi connectivity index (χ0v) is 19.5. The van der Waals surface area contributed by atoms with Crippen LogP contribution >= 0.6 is 0 Å². The number of ether oxygens (including phenoxy) is 1. The Bertz CT molecular complexity index is 1270. The van der Waals surface area contributed by atoms with Crippen LogP contribution in [0.1, 0.15) is 39.4 Å². The lowest BCUT2D eigenvalue weighted by Crippen LogP contribution is -2.29. The Hall–Kier alpha value is -3.86. The van der Waals surface area contributed by atoms with Crippen molar-refractivity contribution in [1.29, 1.82) is 0 Å². The number of benzene rings is 3. The Balaban J connectivity index is 1.99. The first kappa shape index (κ1) is 22.3. The van der Waals surface area contributed by atoms with Crippen LogP contribution < -0.4 is 9.64 Å². The number of aliphatic hydroxyl groups excluding tert-OH is 1. The van der Waals surface area contributed by atoms with Crippen molar-refractivity contribution in [1.82, 2.24) is 0 Å². The Morgan fingerprint density at radius 3 is 2.09 bits per heavy atom. The minimum Gasteiger partial charge on any atom is -0.507 e. The number of aliphatic hydroxyl groups is 1. The maximum atomic E-state index is 13.3. The third-order valence-corrected chi connectivity index (χ3v) is 6.01. The topological polar surface area (TPSA) is 66.8 Å². The number of ketones is 1. The van der Waals surface area contributed by atoms with Gasteiger partial charge in [0.25, 0.3) is 11.7 Å². The summed E-state index contributed by atoms with van der Waals surface area (Å²) in [5, 5.41) is 11.4. The predicted octanol–water partition coefficient (Wildman–Crippen LogP) is 5.56. The monoisotopic (exact) mass is 441 g/mol. The van der Waals surface area contributed by atoms with Gasteiger partial charge in [-0.15, -0.1) is 0 Å². The van der Waals surface area contributed by atoms with Crippen molar-refractivity contribution >= 4 is 23.1 Å². The highest BCUT2D eigenvalue weighted by Gasteiger charge is 2.47. The fourth-order valence-corrected chi connectivity index (χ4v) is 4.43. The van der Waals surface area contributed by atoms with Crippen LogP contribution in [0, 0.1) is 27.7 Å². The summed E-state index contributed by atoms with van der Waals surface area (Å²) >= 11 is 0. The third kappa shape index (κ3) is 4.02. The fourth-order valence-electron chi connectivity index (χ4n) is 4.43. The van der Waals surface area contributed by atoms with Gasteiger partial charge in [0.15, 0.2) is 0 Å². The van der Waals surface area contributed by atoms with Crippen molar-refractivity contribution in [3.8, 4) is 5.75 Å². The lowest BCUT2D eigenvalue weighted by atomic mass is 9.93. The average molecular weight is 442 g/mol. The molecular formula is C28H27NO4. The van der Waals surface area contributed by atoms with Gasteiger partial charge in [-0.2, -0.15) is 0 Å². The van der Waals surface area contributed by atoms with Crippen molar-refractivity contribution < 1.29 is 19.4 Å². The van der Waals surface area contributed by atoms with Crippen molar-refractivity contribution in [2.24, 2.45) is 0 Å². The fraction of sp³-hybridized carbons (Fsp3) is 0.214. The highest BCUT2D eigenvalue weighted by molar-refractivity contribution is 6.51. The lowest BCUT2D eigenvalue weighted by molar-refractivity contribution is -0.132. The van der Waals surface area contributed by atoms with E-state index in [1.165, 1.54) is 4.90 Å². The van der Waals surface area contributed by atoms with Crippen molar-refractivity contribution in [3.05, 3.63) is 99.6 Å². The maximum absolute atomic E-state index is 13.3. The van der Waals surface area contributed by atoms with E-state index in [9.17, 15) is 14.7 Å². The van der Waals surface area contributed by atoms with Gasteiger partial charge in [-0.05, 0) is 80.3 Å². The number of hydrogen-bond acceptors (Lipinski definition) is 4. The van der Waals surface area contributed by atoms with Crippen LogP contribution in [0.5, 0.6) is 5.75 Å². The van der Waals surface area contributed by atoms with Gasteiger partial charge < -0.3 is 9.84 Å². The number of nitrogens with zero attached hydrogens (tertiary/aromatic N) is 1. The molecule has 4 rings (SSSR count). The van der Waals surface area contributed by atoms with Gasteiger partial charge in [0.1, 0.15) is 11.5 Å². The zero-order chi connectivity index (χ0) is 23.9. The summed E-state index contributed by atoms with van der Waals surface area (Å²) in [5.41, 5.74) is 5.70. The Labute approximate surface area is 193 Å². The molecule has 5 nitrogen and oxygen atoms in total. The molecule has 1 N–H and O–H groups in total. The SMILES string of the molecule is COc1ccc(C2/C(=C(\O)c3cc(C)ccc3C)C(=O)C(=O)N2c2cc(C)cc(C)c2)cc1. The molecule has 1 unspecified atom stereocenters. The number of methoxy groups -OCH3 is 1. The van der Waals surface area contributed by atoms with Crippen LogP contribution in [-0.4, -0.2) is 23.9 Å². The van der Waals surface area contributed by atoms with E-state index in [-0.39, 0.29) is 11.3 Å². The molecule has 0 bridgehead atoms. The number of carbonyl (C=O) groups is 2. The molecule has 3 aromatic carbocycles. The average Bonchev–Trinajstić information content (AvgIpc) is 3.05. The number of Topliss-reactive ketones (excluding diaryl/α,β-unsaturated/α-hetero) is 1. The lowest BCUT2D eigenvalue weighted by Gasteiger charge is -2.26. The van der Waals surface area contributed by atoms with Gasteiger partial charge >= 0.3 is 0 Å². The van der Waals surface area contributed by atoms with Gasteiger partial charge in [0.2, 0.25) is 0 Å². The van der Waals surface area contributed by atoms with Crippen LogP contribution in [-0.2, 0) is 9.59 Å². The van der Waals surface area contributed by atoms with E-state index in [0.29, 0.717) is 22.6 Å². The standard InChI is InChI=1S/C28H27NO4/c1-16-6-7-19(4)23(15-16)26(30)24-25(20-8-10-22(33-5)11-9-20)29(28(32)27(24)31)21-13-17(2)12-18(3)14-21/h6-15,25,30H,1-5H3/b26-24+. The first-order valence-electron chi connectivity index (χ1n) is 10.8. The highest BCUT2D eigenvalue weighted by atomic mass is 16.5. The largest absolute Gasteiger partial charge is 0.507 e. The van der Waals surface area contributed by atoms with Gasteiger partial charge in [0.05, 0.1) is 18.7 Å². The molecule has 0 radical (unpaired) electrons. The van der Waals surface area contributed by atoms with E-state index in [2.05, 4.69) is 0 Å². The third-order valence-electron chi connectivity index (χ3n) is 6.01. The minimum atomic E-state index is -0.767. The molecule has 1 aliphatic rings. The quantitative estimate of drug-likeness (QED) is 0.327. The highest BCUT2D eigenvalue weighted by Crippen LogP contribution is 2.43. The van der Waals surface area contributed by atoms with E-state index in [0.717, 1.165) is 22.3 Å². The number of aryl methyl sites for hydroxylation is 4. The molecule has 5 heteroatoms. The van der Waals surface area contributed by atoms with E-state index in [4.69, 9.17) is 4.74 Å². The number of rotatable bonds is 4. The Kier molecular flexibility index (Phi) is 5.81. The van der Waals surface area contributed by atoms with Crippen molar-refractivity contribution in [2.45, 2.75) is 33.7 Å². The molecule has 0 aliphatic carbocycles. The van der Waals surface area contributed by atoms with Crippen LogP contribution in [0.3, 0.4) is 0 Å². The molecule has 33 heavy (non-hydrogen) atoms. The second-order valence-electron chi connectivity index (χ2n) is 8.61. The van der Waals surface area contributed by atoms with Crippen molar-refractivity contribution in [2.75, 3.05) is 12.0 Å². The summed E-state index contributed by atoms with van der Waals surface area (Å²) in [6.45, 7) is 7.69. The Morgan fingerprint density at radius 1 is 0.848 bits per heavy atom. The van der Waals surface area contributed by atoms with Crippen LogP contribution in [0.15, 0.2) is 66.2 Å². The number of amides is 1. The molecule has 1 atom stereocenters. The number of carbonyl (C=O) groups excluding carboxylic acids is 2.